The minimum atomic E-state index is -0.0892. The highest BCUT2D eigenvalue weighted by Crippen LogP contribution is 2.52. The summed E-state index contributed by atoms with van der Waals surface area (Å²) in [5.74, 6) is 0.523. The van der Waals surface area contributed by atoms with Crippen molar-refractivity contribution in [2.45, 2.75) is 53.4 Å². The molecule has 2 aliphatic carbocycles. The summed E-state index contributed by atoms with van der Waals surface area (Å²) in [7, 11) is 0. The van der Waals surface area contributed by atoms with Crippen LogP contribution < -0.4 is 0 Å². The predicted octanol–water partition coefficient (Wildman–Crippen LogP) is 8.41. The van der Waals surface area contributed by atoms with Gasteiger partial charge in [-0.1, -0.05) is 116 Å². The number of rotatable bonds is 5. The second-order valence-electron chi connectivity index (χ2n) is 9.40. The first kappa shape index (κ1) is 20.7. The lowest BCUT2D eigenvalue weighted by Gasteiger charge is -2.34. The Balaban J connectivity index is 1.77. The van der Waals surface area contributed by atoms with Crippen molar-refractivity contribution in [1.82, 2.24) is 0 Å². The first-order valence-electron chi connectivity index (χ1n) is 11.3. The number of hydrogen-bond donors (Lipinski definition) is 0. The Morgan fingerprint density at radius 2 is 1.53 bits per heavy atom. The largest absolute Gasteiger partial charge is 0.0776 e. The predicted molar refractivity (Wildman–Crippen MR) is 131 cm³/mol. The highest BCUT2D eigenvalue weighted by molar-refractivity contribution is 5.82. The topological polar surface area (TPSA) is 0 Å². The van der Waals surface area contributed by atoms with Gasteiger partial charge in [0, 0.05) is 10.8 Å². The molecule has 0 fully saturated rings. The summed E-state index contributed by atoms with van der Waals surface area (Å²) >= 11 is 0. The second kappa shape index (κ2) is 7.58. The van der Waals surface area contributed by atoms with Crippen molar-refractivity contribution in [3.05, 3.63) is 107 Å². The molecule has 0 bridgehead atoms. The molecule has 0 saturated heterocycles. The second-order valence-corrected chi connectivity index (χ2v) is 9.40. The Bertz CT molecular complexity index is 1040. The molecule has 0 radical (unpaired) electrons. The Kier molecular flexibility index (Phi) is 5.22. The molecule has 0 heteroatoms. The summed E-state index contributed by atoms with van der Waals surface area (Å²) in [4.78, 5) is 0. The van der Waals surface area contributed by atoms with Gasteiger partial charge in [0.1, 0.15) is 0 Å². The first-order valence-corrected chi connectivity index (χ1v) is 11.3. The van der Waals surface area contributed by atoms with Gasteiger partial charge in [0.15, 0.2) is 0 Å². The van der Waals surface area contributed by atoms with Gasteiger partial charge in [-0.25, -0.2) is 0 Å². The van der Waals surface area contributed by atoms with Crippen molar-refractivity contribution in [2.24, 2.45) is 11.3 Å². The molecule has 0 amide bonds. The fourth-order valence-corrected chi connectivity index (χ4v) is 5.46. The van der Waals surface area contributed by atoms with E-state index in [0.717, 1.165) is 6.42 Å². The molecule has 0 aliphatic heterocycles. The maximum absolute atomic E-state index is 2.40. The van der Waals surface area contributed by atoms with Crippen LogP contribution in [0, 0.1) is 11.3 Å². The van der Waals surface area contributed by atoms with Gasteiger partial charge in [-0.3, -0.25) is 0 Å². The minimum Gasteiger partial charge on any atom is -0.0776 e. The zero-order valence-electron chi connectivity index (χ0n) is 19.3. The van der Waals surface area contributed by atoms with Gasteiger partial charge >= 0.3 is 0 Å². The molecule has 30 heavy (non-hydrogen) atoms. The third kappa shape index (κ3) is 2.97. The van der Waals surface area contributed by atoms with Gasteiger partial charge in [-0.05, 0) is 55.4 Å². The molecule has 0 saturated carbocycles. The van der Waals surface area contributed by atoms with Crippen LogP contribution in [0.1, 0.15) is 59.1 Å². The Morgan fingerprint density at radius 1 is 0.967 bits per heavy atom. The standard InChI is InChI=1S/C30H34/c1-7-29(5,26-18-12-13-21(26)2)22(3)19-20-23(4)30(6)27-16-10-8-14-24(27)25-15-9-11-17-28(25)30/h8-21H,7H2,1-6H3/b22-19+,23-20+/t21?,29-/m1/s1. The SMILES string of the molecule is CC[C@@](C)(C1=CC=CC1C)/C(C)=C/C=C(\C)C1(C)c2ccccc2-c2ccccc21. The molecule has 0 aromatic heterocycles. The molecule has 154 valence electrons. The highest BCUT2D eigenvalue weighted by atomic mass is 14.4. The average molecular weight is 395 g/mol. The lowest BCUT2D eigenvalue weighted by Crippen LogP contribution is -2.23. The quantitative estimate of drug-likeness (QED) is 0.446. The molecular weight excluding hydrogens is 360 g/mol. The van der Waals surface area contributed by atoms with E-state index in [9.17, 15) is 0 Å². The van der Waals surface area contributed by atoms with Gasteiger partial charge < -0.3 is 0 Å². The van der Waals surface area contributed by atoms with Gasteiger partial charge in [0.2, 0.25) is 0 Å². The summed E-state index contributed by atoms with van der Waals surface area (Å²) < 4.78 is 0. The van der Waals surface area contributed by atoms with Crippen molar-refractivity contribution in [1.29, 1.82) is 0 Å². The van der Waals surface area contributed by atoms with Crippen LogP contribution in [0.2, 0.25) is 0 Å². The van der Waals surface area contributed by atoms with Crippen LogP contribution in [0.4, 0.5) is 0 Å². The van der Waals surface area contributed by atoms with E-state index in [1.807, 2.05) is 0 Å². The summed E-state index contributed by atoms with van der Waals surface area (Å²) in [6.45, 7) is 14.0. The van der Waals surface area contributed by atoms with E-state index in [2.05, 4.69) is 120 Å². The molecule has 2 aromatic rings. The smallest absolute Gasteiger partial charge is 0.0395 e. The maximum atomic E-state index is 2.40. The van der Waals surface area contributed by atoms with Crippen LogP contribution in [0.25, 0.3) is 11.1 Å². The molecule has 0 nitrogen and oxygen atoms in total. The van der Waals surface area contributed by atoms with Crippen LogP contribution in [-0.2, 0) is 5.41 Å². The molecule has 4 rings (SSSR count). The van der Waals surface area contributed by atoms with E-state index in [0.29, 0.717) is 5.92 Å². The van der Waals surface area contributed by atoms with Gasteiger partial charge in [0.05, 0.1) is 0 Å². The fourth-order valence-electron chi connectivity index (χ4n) is 5.46. The molecule has 0 spiro atoms. The maximum Gasteiger partial charge on any atom is 0.0395 e. The Hall–Kier alpha value is -2.60. The van der Waals surface area contributed by atoms with Crippen molar-refractivity contribution in [3.63, 3.8) is 0 Å². The molecule has 2 aromatic carbocycles. The minimum absolute atomic E-state index is 0.0892. The van der Waals surface area contributed by atoms with Gasteiger partial charge in [-0.15, -0.1) is 0 Å². The normalized spacial score (nSPS) is 21.8. The van der Waals surface area contributed by atoms with Gasteiger partial charge in [-0.2, -0.15) is 0 Å². The Morgan fingerprint density at radius 3 is 2.03 bits per heavy atom. The third-order valence-corrected chi connectivity index (χ3v) is 7.97. The van der Waals surface area contributed by atoms with Crippen LogP contribution in [-0.4, -0.2) is 0 Å². The van der Waals surface area contributed by atoms with E-state index in [1.165, 1.54) is 39.0 Å². The first-order chi connectivity index (χ1) is 14.3. The van der Waals surface area contributed by atoms with E-state index < -0.39 is 0 Å². The van der Waals surface area contributed by atoms with Crippen molar-refractivity contribution >= 4 is 0 Å². The van der Waals surface area contributed by atoms with Crippen molar-refractivity contribution < 1.29 is 0 Å². The van der Waals surface area contributed by atoms with Crippen LogP contribution in [0.5, 0.6) is 0 Å². The fraction of sp³-hybridized carbons (Fsp3) is 0.333. The van der Waals surface area contributed by atoms with E-state index in [-0.39, 0.29) is 10.8 Å². The average Bonchev–Trinajstić information content (AvgIpc) is 3.32. The molecule has 1 unspecified atom stereocenters. The molecule has 0 heterocycles. The van der Waals surface area contributed by atoms with E-state index >= 15 is 0 Å². The number of allylic oxidation sites excluding steroid dienone is 8. The molecule has 0 N–H and O–H groups in total. The summed E-state index contributed by atoms with van der Waals surface area (Å²) in [6, 6.07) is 17.8. The highest BCUT2D eigenvalue weighted by Gasteiger charge is 2.40. The zero-order chi connectivity index (χ0) is 21.5. The number of hydrogen-bond acceptors (Lipinski definition) is 0. The van der Waals surface area contributed by atoms with E-state index in [4.69, 9.17) is 0 Å². The summed E-state index contributed by atoms with van der Waals surface area (Å²) in [5, 5.41) is 0. The number of fused-ring (bicyclic) bond motifs is 3. The van der Waals surface area contributed by atoms with Crippen molar-refractivity contribution in [3.8, 4) is 11.1 Å². The lowest BCUT2D eigenvalue weighted by atomic mass is 9.70. The number of benzene rings is 2. The Labute approximate surface area is 182 Å². The lowest BCUT2D eigenvalue weighted by molar-refractivity contribution is 0.431. The molecule has 2 atom stereocenters. The van der Waals surface area contributed by atoms with Crippen LogP contribution in [0.15, 0.2) is 95.6 Å². The van der Waals surface area contributed by atoms with Crippen molar-refractivity contribution in [2.75, 3.05) is 0 Å². The zero-order valence-corrected chi connectivity index (χ0v) is 19.3. The van der Waals surface area contributed by atoms with E-state index in [1.54, 1.807) is 0 Å². The third-order valence-electron chi connectivity index (χ3n) is 7.97. The molecular formula is C30H34. The molecule has 2 aliphatic rings. The van der Waals surface area contributed by atoms with Gasteiger partial charge in [0.25, 0.3) is 0 Å². The summed E-state index contributed by atoms with van der Waals surface area (Å²) in [5.41, 5.74) is 9.96. The summed E-state index contributed by atoms with van der Waals surface area (Å²) in [6.07, 6.45) is 12.7. The monoisotopic (exact) mass is 394 g/mol. The van der Waals surface area contributed by atoms with Crippen LogP contribution >= 0.6 is 0 Å². The van der Waals surface area contributed by atoms with Crippen LogP contribution in [0.3, 0.4) is 0 Å².